The number of hydrogen-bond donors (Lipinski definition) is 0. The van der Waals surface area contributed by atoms with E-state index in [1.165, 1.54) is 37.7 Å². The Labute approximate surface area is 94.5 Å². The van der Waals surface area contributed by atoms with Crippen LogP contribution in [-0.4, -0.2) is 0 Å². The summed E-state index contributed by atoms with van der Waals surface area (Å²) in [5.74, 6) is 0.748. The van der Waals surface area contributed by atoms with Gasteiger partial charge in [0.15, 0.2) is 0 Å². The summed E-state index contributed by atoms with van der Waals surface area (Å²) in [4.78, 5) is 0. The largest absolute Gasteiger partial charge is 0.0958 e. The summed E-state index contributed by atoms with van der Waals surface area (Å²) in [5, 5.41) is 0. The van der Waals surface area contributed by atoms with Crippen molar-refractivity contribution < 1.29 is 0 Å². The maximum Gasteiger partial charge on any atom is -0.0125 e. The van der Waals surface area contributed by atoms with Crippen LogP contribution < -0.4 is 0 Å². The molecule has 0 bridgehead atoms. The first kappa shape index (κ1) is 11.0. The lowest BCUT2D eigenvalue weighted by Gasteiger charge is -2.49. The number of fused-ring (bicyclic) bond motifs is 1. The molecule has 0 amide bonds. The summed E-state index contributed by atoms with van der Waals surface area (Å²) in [7, 11) is 0. The Balaban J connectivity index is 2.34. The molecule has 0 aromatic carbocycles. The Kier molecular flexibility index (Phi) is 2.56. The van der Waals surface area contributed by atoms with E-state index in [2.05, 4.69) is 39.5 Å². The molecule has 0 spiro atoms. The van der Waals surface area contributed by atoms with Crippen molar-refractivity contribution >= 4 is 0 Å². The highest BCUT2D eigenvalue weighted by atomic mass is 14.5. The molecule has 0 N–H and O–H groups in total. The molecule has 2 rings (SSSR count). The predicted molar refractivity (Wildman–Crippen MR) is 66.7 cm³/mol. The van der Waals surface area contributed by atoms with Crippen LogP contribution in [0.15, 0.2) is 24.3 Å². The fourth-order valence-electron chi connectivity index (χ4n) is 3.74. The van der Waals surface area contributed by atoms with Gasteiger partial charge in [-0.15, -0.1) is 0 Å². The van der Waals surface area contributed by atoms with Crippen LogP contribution >= 0.6 is 0 Å². The number of hydrogen-bond acceptors (Lipinski definition) is 0. The van der Waals surface area contributed by atoms with Gasteiger partial charge in [0.1, 0.15) is 0 Å². The van der Waals surface area contributed by atoms with E-state index in [1.54, 1.807) is 0 Å². The van der Waals surface area contributed by atoms with Gasteiger partial charge in [-0.25, -0.2) is 0 Å². The highest BCUT2D eigenvalue weighted by molar-refractivity contribution is 5.21. The fourth-order valence-corrected chi connectivity index (χ4v) is 3.74. The Morgan fingerprint density at radius 3 is 2.67 bits per heavy atom. The maximum atomic E-state index is 4.12. The SMILES string of the molecule is C=C1C=C[C@@H]2C(C)(C)CCC[C@]2(C)CC1. The molecular weight excluding hydrogens is 180 g/mol. The summed E-state index contributed by atoms with van der Waals surface area (Å²) in [6.07, 6.45) is 11.4. The lowest BCUT2D eigenvalue weighted by molar-refractivity contribution is 0.0306. The maximum absolute atomic E-state index is 4.12. The van der Waals surface area contributed by atoms with Crippen molar-refractivity contribution in [3.8, 4) is 0 Å². The number of allylic oxidation sites excluding steroid dienone is 3. The van der Waals surface area contributed by atoms with Crippen molar-refractivity contribution in [3.05, 3.63) is 24.3 Å². The van der Waals surface area contributed by atoms with Gasteiger partial charge in [-0.3, -0.25) is 0 Å². The normalized spacial score (nSPS) is 39.7. The van der Waals surface area contributed by atoms with Gasteiger partial charge in [0.2, 0.25) is 0 Å². The van der Waals surface area contributed by atoms with Crippen LogP contribution in [0.3, 0.4) is 0 Å². The molecule has 84 valence electrons. The minimum atomic E-state index is 0.480. The molecule has 0 aliphatic heterocycles. The Morgan fingerprint density at radius 2 is 1.93 bits per heavy atom. The highest BCUT2D eigenvalue weighted by Gasteiger charge is 2.45. The van der Waals surface area contributed by atoms with Crippen LogP contribution in [0, 0.1) is 16.7 Å². The van der Waals surface area contributed by atoms with Crippen molar-refractivity contribution in [1.29, 1.82) is 0 Å². The lowest BCUT2D eigenvalue weighted by atomic mass is 9.55. The Hall–Kier alpha value is -0.520. The van der Waals surface area contributed by atoms with Gasteiger partial charge in [-0.2, -0.15) is 0 Å². The van der Waals surface area contributed by atoms with Crippen molar-refractivity contribution in [1.82, 2.24) is 0 Å². The minimum Gasteiger partial charge on any atom is -0.0958 e. The number of rotatable bonds is 0. The van der Waals surface area contributed by atoms with Gasteiger partial charge in [-0.05, 0) is 42.4 Å². The second kappa shape index (κ2) is 3.50. The average Bonchev–Trinajstić information content (AvgIpc) is 2.27. The molecule has 0 aromatic rings. The first-order valence-electron chi connectivity index (χ1n) is 6.30. The van der Waals surface area contributed by atoms with Crippen LogP contribution in [-0.2, 0) is 0 Å². The third kappa shape index (κ3) is 1.91. The monoisotopic (exact) mass is 204 g/mol. The Morgan fingerprint density at radius 1 is 1.20 bits per heavy atom. The van der Waals surface area contributed by atoms with Crippen LogP contribution in [0.25, 0.3) is 0 Å². The summed E-state index contributed by atoms with van der Waals surface area (Å²) >= 11 is 0. The van der Waals surface area contributed by atoms with Crippen LogP contribution in [0.5, 0.6) is 0 Å². The van der Waals surface area contributed by atoms with Crippen LogP contribution in [0.1, 0.15) is 52.9 Å². The summed E-state index contributed by atoms with van der Waals surface area (Å²) in [5.41, 5.74) is 2.33. The average molecular weight is 204 g/mol. The van der Waals surface area contributed by atoms with Gasteiger partial charge < -0.3 is 0 Å². The summed E-state index contributed by atoms with van der Waals surface area (Å²) in [6.45, 7) is 11.5. The third-order valence-electron chi connectivity index (χ3n) is 4.70. The molecule has 0 unspecified atom stereocenters. The van der Waals surface area contributed by atoms with Gasteiger partial charge in [0, 0.05) is 0 Å². The van der Waals surface area contributed by atoms with Crippen LogP contribution in [0.4, 0.5) is 0 Å². The molecule has 0 saturated heterocycles. The van der Waals surface area contributed by atoms with E-state index in [9.17, 15) is 0 Å². The van der Waals surface area contributed by atoms with E-state index < -0.39 is 0 Å². The van der Waals surface area contributed by atoms with E-state index in [0.717, 1.165) is 5.92 Å². The van der Waals surface area contributed by atoms with E-state index in [1.807, 2.05) is 0 Å². The fraction of sp³-hybridized carbons (Fsp3) is 0.733. The standard InChI is InChI=1S/C15H24/c1-12-6-7-13-14(2,3)9-5-10-15(13,4)11-8-12/h6-7,13H,1,5,8-11H2,2-4H3/t13-,15-/m1/s1. The van der Waals surface area contributed by atoms with E-state index in [0.29, 0.717) is 10.8 Å². The molecule has 2 aliphatic rings. The molecule has 0 radical (unpaired) electrons. The molecule has 2 aliphatic carbocycles. The topological polar surface area (TPSA) is 0 Å². The molecule has 15 heavy (non-hydrogen) atoms. The third-order valence-corrected chi connectivity index (χ3v) is 4.70. The van der Waals surface area contributed by atoms with Crippen molar-refractivity contribution in [2.45, 2.75) is 52.9 Å². The molecule has 1 fully saturated rings. The quantitative estimate of drug-likeness (QED) is 0.535. The second-order valence-corrected chi connectivity index (χ2v) is 6.49. The van der Waals surface area contributed by atoms with E-state index >= 15 is 0 Å². The predicted octanol–water partition coefficient (Wildman–Crippen LogP) is 4.73. The zero-order valence-corrected chi connectivity index (χ0v) is 10.5. The zero-order chi connectivity index (χ0) is 11.1. The van der Waals surface area contributed by atoms with Gasteiger partial charge in [-0.1, -0.05) is 51.5 Å². The molecule has 0 nitrogen and oxygen atoms in total. The zero-order valence-electron chi connectivity index (χ0n) is 10.5. The first-order chi connectivity index (χ1) is 6.94. The van der Waals surface area contributed by atoms with Crippen molar-refractivity contribution in [2.75, 3.05) is 0 Å². The van der Waals surface area contributed by atoms with E-state index in [-0.39, 0.29) is 0 Å². The Bertz CT molecular complexity index is 295. The molecule has 2 atom stereocenters. The van der Waals surface area contributed by atoms with E-state index in [4.69, 9.17) is 0 Å². The highest BCUT2D eigenvalue weighted by Crippen LogP contribution is 2.55. The molecule has 0 heterocycles. The second-order valence-electron chi connectivity index (χ2n) is 6.49. The van der Waals surface area contributed by atoms with Crippen molar-refractivity contribution in [2.24, 2.45) is 16.7 Å². The first-order valence-corrected chi connectivity index (χ1v) is 6.30. The molecule has 0 heteroatoms. The van der Waals surface area contributed by atoms with Gasteiger partial charge in [0.25, 0.3) is 0 Å². The van der Waals surface area contributed by atoms with Crippen molar-refractivity contribution in [3.63, 3.8) is 0 Å². The minimum absolute atomic E-state index is 0.480. The lowest BCUT2D eigenvalue weighted by Crippen LogP contribution is -2.40. The van der Waals surface area contributed by atoms with Gasteiger partial charge in [0.05, 0.1) is 0 Å². The molecule has 0 aromatic heterocycles. The molecular formula is C15H24. The van der Waals surface area contributed by atoms with Crippen LogP contribution in [0.2, 0.25) is 0 Å². The summed E-state index contributed by atoms with van der Waals surface area (Å²) < 4.78 is 0. The van der Waals surface area contributed by atoms with Gasteiger partial charge >= 0.3 is 0 Å². The smallest absolute Gasteiger partial charge is 0.0125 e. The summed E-state index contributed by atoms with van der Waals surface area (Å²) in [6, 6.07) is 0. The molecule has 1 saturated carbocycles.